The van der Waals surface area contributed by atoms with Crippen molar-refractivity contribution in [2.75, 3.05) is 23.0 Å². The van der Waals surface area contributed by atoms with Crippen LogP contribution in [0.4, 0.5) is 10.1 Å². The minimum atomic E-state index is -3.72. The van der Waals surface area contributed by atoms with E-state index in [2.05, 4.69) is 0 Å². The van der Waals surface area contributed by atoms with E-state index in [4.69, 9.17) is 5.73 Å². The number of nitrogen functional groups attached to an aromatic ring is 1. The van der Waals surface area contributed by atoms with Crippen LogP contribution in [-0.2, 0) is 19.7 Å². The van der Waals surface area contributed by atoms with Crippen molar-refractivity contribution >= 4 is 25.4 Å². The molecule has 0 aliphatic carbocycles. The molecule has 1 aromatic carbocycles. The van der Waals surface area contributed by atoms with Crippen molar-refractivity contribution in [3.05, 3.63) is 24.0 Å². The highest BCUT2D eigenvalue weighted by Gasteiger charge is 2.17. The van der Waals surface area contributed by atoms with Gasteiger partial charge in [0.2, 0.25) is 0 Å². The van der Waals surface area contributed by atoms with E-state index in [1.165, 1.54) is 6.92 Å². The van der Waals surface area contributed by atoms with Crippen molar-refractivity contribution in [1.29, 1.82) is 0 Å². The molecule has 0 atom stereocenters. The maximum atomic E-state index is 13.1. The van der Waals surface area contributed by atoms with Crippen molar-refractivity contribution in [2.45, 2.75) is 18.2 Å². The summed E-state index contributed by atoms with van der Waals surface area (Å²) in [4.78, 5) is -0.223. The Morgan fingerprint density at radius 3 is 2.26 bits per heavy atom. The summed E-state index contributed by atoms with van der Waals surface area (Å²) < 4.78 is 59.4. The lowest BCUT2D eigenvalue weighted by Gasteiger charge is -2.06. The maximum absolute atomic E-state index is 13.1. The molecule has 0 aliphatic heterocycles. The Morgan fingerprint density at radius 2 is 1.74 bits per heavy atom. The van der Waals surface area contributed by atoms with Crippen LogP contribution in [0.2, 0.25) is 0 Å². The molecule has 19 heavy (non-hydrogen) atoms. The Bertz CT molecular complexity index is 633. The van der Waals surface area contributed by atoms with Crippen LogP contribution in [0.15, 0.2) is 23.1 Å². The third-order valence-electron chi connectivity index (χ3n) is 2.56. The fourth-order valence-corrected chi connectivity index (χ4v) is 3.92. The zero-order valence-corrected chi connectivity index (χ0v) is 12.1. The molecule has 2 N–H and O–H groups in total. The summed E-state index contributed by atoms with van der Waals surface area (Å²) >= 11 is 0. The van der Waals surface area contributed by atoms with E-state index in [0.29, 0.717) is 0 Å². The molecule has 108 valence electrons. The van der Waals surface area contributed by atoms with Gasteiger partial charge in [0.1, 0.15) is 15.7 Å². The van der Waals surface area contributed by atoms with Crippen molar-refractivity contribution in [1.82, 2.24) is 0 Å². The summed E-state index contributed by atoms with van der Waals surface area (Å²) in [6, 6.07) is 3.05. The lowest BCUT2D eigenvalue weighted by molar-refractivity contribution is 0.587. The number of rotatable bonds is 6. The average Bonchev–Trinajstić information content (AvgIpc) is 2.27. The second-order valence-electron chi connectivity index (χ2n) is 4.13. The lowest BCUT2D eigenvalue weighted by atomic mass is 10.3. The topological polar surface area (TPSA) is 94.3 Å². The zero-order chi connectivity index (χ0) is 14.7. The number of halogens is 1. The van der Waals surface area contributed by atoms with Crippen LogP contribution in [0.1, 0.15) is 13.3 Å². The molecule has 1 rings (SSSR count). The predicted octanol–water partition coefficient (Wildman–Crippen LogP) is 1.01. The molecule has 0 saturated heterocycles. The van der Waals surface area contributed by atoms with Crippen molar-refractivity contribution in [3.8, 4) is 0 Å². The van der Waals surface area contributed by atoms with Crippen molar-refractivity contribution < 1.29 is 21.2 Å². The number of hydrogen-bond donors (Lipinski definition) is 1. The van der Waals surface area contributed by atoms with Gasteiger partial charge in [-0.2, -0.15) is 0 Å². The Labute approximate surface area is 112 Å². The zero-order valence-electron chi connectivity index (χ0n) is 10.5. The molecule has 0 spiro atoms. The second-order valence-corrected chi connectivity index (χ2v) is 8.71. The van der Waals surface area contributed by atoms with Crippen LogP contribution in [0.25, 0.3) is 0 Å². The first-order chi connectivity index (χ1) is 8.66. The fourth-order valence-electron chi connectivity index (χ4n) is 1.49. The van der Waals surface area contributed by atoms with Crippen molar-refractivity contribution in [3.63, 3.8) is 0 Å². The molecule has 1 aromatic rings. The summed E-state index contributed by atoms with van der Waals surface area (Å²) in [6.45, 7) is 1.50. The summed E-state index contributed by atoms with van der Waals surface area (Å²) in [6.07, 6.45) is -0.0189. The molecule has 5 nitrogen and oxygen atoms in total. The van der Waals surface area contributed by atoms with Gasteiger partial charge < -0.3 is 5.73 Å². The van der Waals surface area contributed by atoms with Crippen LogP contribution >= 0.6 is 0 Å². The van der Waals surface area contributed by atoms with E-state index in [-0.39, 0.29) is 34.3 Å². The van der Waals surface area contributed by atoms with E-state index in [1.807, 2.05) is 0 Å². The first-order valence-electron chi connectivity index (χ1n) is 5.65. The minimum Gasteiger partial charge on any atom is -0.399 e. The Kier molecular flexibility index (Phi) is 4.92. The van der Waals surface area contributed by atoms with Gasteiger partial charge in [-0.1, -0.05) is 6.92 Å². The Balaban J connectivity index is 2.82. The summed E-state index contributed by atoms with van der Waals surface area (Å²) in [5, 5.41) is 0. The van der Waals surface area contributed by atoms with Crippen LogP contribution in [0.5, 0.6) is 0 Å². The normalized spacial score (nSPS) is 12.5. The number of sulfone groups is 2. The van der Waals surface area contributed by atoms with E-state index in [1.54, 1.807) is 0 Å². The van der Waals surface area contributed by atoms with Gasteiger partial charge in [-0.15, -0.1) is 0 Å². The third kappa shape index (κ3) is 4.79. The molecule has 0 unspecified atom stereocenters. The Morgan fingerprint density at radius 1 is 1.11 bits per heavy atom. The molecule has 0 amide bonds. The maximum Gasteiger partial charge on any atom is 0.178 e. The molecule has 0 saturated carbocycles. The van der Waals surface area contributed by atoms with Crippen LogP contribution in [0.3, 0.4) is 0 Å². The van der Waals surface area contributed by atoms with Gasteiger partial charge in [-0.05, 0) is 24.6 Å². The lowest BCUT2D eigenvalue weighted by Crippen LogP contribution is -2.14. The smallest absolute Gasteiger partial charge is 0.178 e. The molecule has 8 heteroatoms. The highest BCUT2D eigenvalue weighted by Crippen LogP contribution is 2.18. The van der Waals surface area contributed by atoms with Gasteiger partial charge in [-0.25, -0.2) is 21.2 Å². The fraction of sp³-hybridized carbons (Fsp3) is 0.455. The molecular weight excluding hydrogens is 293 g/mol. The highest BCUT2D eigenvalue weighted by molar-refractivity contribution is 7.92. The Hall–Kier alpha value is -1.15. The third-order valence-corrected chi connectivity index (χ3v) is 6.13. The molecule has 0 aromatic heterocycles. The van der Waals surface area contributed by atoms with Crippen LogP contribution in [-0.4, -0.2) is 34.1 Å². The number of nitrogens with two attached hydrogens (primary N) is 1. The molecule has 0 bridgehead atoms. The second kappa shape index (κ2) is 5.87. The average molecular weight is 309 g/mol. The van der Waals surface area contributed by atoms with Gasteiger partial charge in [-0.3, -0.25) is 0 Å². The van der Waals surface area contributed by atoms with Crippen molar-refractivity contribution in [2.24, 2.45) is 0 Å². The van der Waals surface area contributed by atoms with Gasteiger partial charge in [0.15, 0.2) is 9.84 Å². The molecular formula is C11H16FNO4S2. The SMILES string of the molecule is CCS(=O)(=O)CCCS(=O)(=O)c1cc(N)cc(F)c1. The van der Waals surface area contributed by atoms with Gasteiger partial charge >= 0.3 is 0 Å². The predicted molar refractivity (Wildman–Crippen MR) is 71.8 cm³/mol. The molecule has 0 aliphatic rings. The molecule has 0 fully saturated rings. The molecule has 0 radical (unpaired) electrons. The van der Waals surface area contributed by atoms with Crippen LogP contribution in [0, 0.1) is 5.82 Å². The van der Waals surface area contributed by atoms with Gasteiger partial charge in [0.25, 0.3) is 0 Å². The summed E-state index contributed by atoms with van der Waals surface area (Å²) in [7, 11) is -6.92. The quantitative estimate of drug-likeness (QED) is 0.791. The van der Waals surface area contributed by atoms with Gasteiger partial charge in [0.05, 0.1) is 16.4 Å². The number of anilines is 1. The van der Waals surface area contributed by atoms with Gasteiger partial charge in [0, 0.05) is 11.4 Å². The standard InChI is InChI=1S/C11H16FNO4S2/c1-2-18(14,15)4-3-5-19(16,17)11-7-9(12)6-10(13)8-11/h6-8H,2-5,13H2,1H3. The monoisotopic (exact) mass is 309 g/mol. The van der Waals surface area contributed by atoms with E-state index in [9.17, 15) is 21.2 Å². The summed E-state index contributed by atoms with van der Waals surface area (Å²) in [5.41, 5.74) is 5.39. The molecule has 0 heterocycles. The van der Waals surface area contributed by atoms with E-state index < -0.39 is 25.5 Å². The first kappa shape index (κ1) is 15.9. The first-order valence-corrected chi connectivity index (χ1v) is 9.13. The minimum absolute atomic E-state index is 0.0137. The number of benzene rings is 1. The number of hydrogen-bond acceptors (Lipinski definition) is 5. The van der Waals surface area contributed by atoms with E-state index >= 15 is 0 Å². The summed E-state index contributed by atoms with van der Waals surface area (Å²) in [5.74, 6) is -1.32. The van der Waals surface area contributed by atoms with Crippen LogP contribution < -0.4 is 5.73 Å². The largest absolute Gasteiger partial charge is 0.399 e. The highest BCUT2D eigenvalue weighted by atomic mass is 32.2. The van der Waals surface area contributed by atoms with E-state index in [0.717, 1.165) is 18.2 Å².